The Morgan fingerprint density at radius 1 is 1.09 bits per heavy atom. The van der Waals surface area contributed by atoms with Crippen molar-refractivity contribution in [3.8, 4) is 0 Å². The largest absolute Gasteiger partial charge is 0.452 e. The Hall–Kier alpha value is -2.42. The lowest BCUT2D eigenvalue weighted by atomic mass is 9.94. The number of carbonyl (C=O) groups excluding carboxylic acids is 2. The molecule has 35 heavy (non-hydrogen) atoms. The molecule has 0 atom stereocenters. The molecule has 188 valence electrons. The van der Waals surface area contributed by atoms with Crippen LogP contribution in [0.15, 0.2) is 47.4 Å². The van der Waals surface area contributed by atoms with E-state index in [0.717, 1.165) is 36.8 Å². The first-order valence-corrected chi connectivity index (χ1v) is 14.0. The number of rotatable bonds is 7. The van der Waals surface area contributed by atoms with Crippen molar-refractivity contribution >= 4 is 33.5 Å². The average Bonchev–Trinajstić information content (AvgIpc) is 2.88. The summed E-state index contributed by atoms with van der Waals surface area (Å²) in [6.07, 6.45) is 5.91. The van der Waals surface area contributed by atoms with Gasteiger partial charge in [-0.15, -0.1) is 0 Å². The molecule has 4 rings (SSSR count). The molecule has 0 aromatic heterocycles. The molecule has 2 aromatic carbocycles. The highest BCUT2D eigenvalue weighted by Crippen LogP contribution is 2.30. The molecule has 0 saturated heterocycles. The molecule has 0 spiro atoms. The predicted octanol–water partition coefficient (Wildman–Crippen LogP) is 4.43. The third kappa shape index (κ3) is 5.71. The molecule has 1 aliphatic carbocycles. The number of carbonyl (C=O) groups is 2. The first kappa shape index (κ1) is 25.7. The molecule has 0 radical (unpaired) electrons. The number of benzene rings is 2. The highest BCUT2D eigenvalue weighted by molar-refractivity contribution is 7.89. The summed E-state index contributed by atoms with van der Waals surface area (Å²) in [6.45, 7) is 2.67. The molecule has 2 aromatic rings. The maximum atomic E-state index is 13.4. The SMILES string of the molecule is CCN(C(=O)COC(=O)c1ccc(Cl)c(S(=O)(=O)N2CCc3ccccc3C2)c1)C1CCCCC1. The minimum absolute atomic E-state index is 0.0333. The number of likely N-dealkylation sites (N-methyl/N-ethyl adjacent to an activating group) is 1. The van der Waals surface area contributed by atoms with E-state index in [4.69, 9.17) is 16.3 Å². The van der Waals surface area contributed by atoms with Crippen LogP contribution in [0.25, 0.3) is 0 Å². The van der Waals surface area contributed by atoms with Crippen molar-refractivity contribution in [2.45, 2.75) is 62.9 Å². The van der Waals surface area contributed by atoms with Crippen LogP contribution in [0, 0.1) is 0 Å². The van der Waals surface area contributed by atoms with Gasteiger partial charge >= 0.3 is 5.97 Å². The predicted molar refractivity (Wildman–Crippen MR) is 134 cm³/mol. The number of hydrogen-bond acceptors (Lipinski definition) is 5. The number of halogens is 1. The van der Waals surface area contributed by atoms with Crippen LogP contribution in [-0.2, 0) is 32.5 Å². The number of sulfonamides is 1. The number of esters is 1. The van der Waals surface area contributed by atoms with E-state index in [0.29, 0.717) is 19.5 Å². The van der Waals surface area contributed by atoms with Crippen molar-refractivity contribution < 1.29 is 22.7 Å². The van der Waals surface area contributed by atoms with Gasteiger partial charge in [-0.3, -0.25) is 4.79 Å². The fourth-order valence-corrected chi connectivity index (χ4v) is 6.89. The van der Waals surface area contributed by atoms with E-state index in [2.05, 4.69) is 0 Å². The number of hydrogen-bond donors (Lipinski definition) is 0. The van der Waals surface area contributed by atoms with Gasteiger partial charge in [0.25, 0.3) is 5.91 Å². The number of ether oxygens (including phenoxy) is 1. The van der Waals surface area contributed by atoms with Gasteiger partial charge in [-0.05, 0) is 55.5 Å². The molecule has 1 heterocycles. The van der Waals surface area contributed by atoms with Crippen LogP contribution in [0.5, 0.6) is 0 Å². The van der Waals surface area contributed by atoms with Crippen molar-refractivity contribution in [1.29, 1.82) is 0 Å². The Balaban J connectivity index is 1.45. The maximum absolute atomic E-state index is 13.4. The lowest BCUT2D eigenvalue weighted by Gasteiger charge is -2.33. The molecule has 0 unspecified atom stereocenters. The van der Waals surface area contributed by atoms with E-state index in [-0.39, 0.29) is 40.6 Å². The van der Waals surface area contributed by atoms with Crippen molar-refractivity contribution in [2.75, 3.05) is 19.7 Å². The molecule has 1 fully saturated rings. The van der Waals surface area contributed by atoms with Crippen molar-refractivity contribution in [1.82, 2.24) is 9.21 Å². The van der Waals surface area contributed by atoms with Crippen LogP contribution < -0.4 is 0 Å². The van der Waals surface area contributed by atoms with E-state index in [1.54, 1.807) is 4.90 Å². The zero-order valence-corrected chi connectivity index (χ0v) is 21.5. The van der Waals surface area contributed by atoms with Crippen molar-refractivity contribution in [3.05, 3.63) is 64.2 Å². The van der Waals surface area contributed by atoms with Crippen molar-refractivity contribution in [2.24, 2.45) is 0 Å². The van der Waals surface area contributed by atoms with Gasteiger partial charge < -0.3 is 9.64 Å². The Morgan fingerprint density at radius 3 is 2.51 bits per heavy atom. The third-order valence-corrected chi connectivity index (χ3v) is 9.21. The van der Waals surface area contributed by atoms with E-state index >= 15 is 0 Å². The van der Waals surface area contributed by atoms with Gasteiger partial charge in [-0.2, -0.15) is 4.31 Å². The summed E-state index contributed by atoms with van der Waals surface area (Å²) < 4.78 is 33.4. The second-order valence-corrected chi connectivity index (χ2v) is 11.4. The third-order valence-electron chi connectivity index (χ3n) is 6.88. The fraction of sp³-hybridized carbons (Fsp3) is 0.462. The first-order valence-electron chi connectivity index (χ1n) is 12.1. The van der Waals surface area contributed by atoms with Gasteiger partial charge in [-0.1, -0.05) is 55.1 Å². The minimum Gasteiger partial charge on any atom is -0.452 e. The lowest BCUT2D eigenvalue weighted by molar-refractivity contribution is -0.137. The second kappa shape index (κ2) is 11.1. The topological polar surface area (TPSA) is 84.0 Å². The van der Waals surface area contributed by atoms with Crippen LogP contribution >= 0.6 is 11.6 Å². The van der Waals surface area contributed by atoms with E-state index in [1.807, 2.05) is 31.2 Å². The Kier molecular flexibility index (Phi) is 8.14. The highest BCUT2D eigenvalue weighted by Gasteiger charge is 2.31. The summed E-state index contributed by atoms with van der Waals surface area (Å²) in [4.78, 5) is 27.1. The second-order valence-electron chi connectivity index (χ2n) is 9.05. The standard InChI is InChI=1S/C26H31ClN2O5S/c1-2-29(22-10-4-3-5-11-22)25(30)18-34-26(31)20-12-13-23(27)24(16-20)35(32,33)28-15-14-19-8-6-7-9-21(19)17-28/h6-9,12-13,16,22H,2-5,10-11,14-15,17-18H2,1H3. The first-order chi connectivity index (χ1) is 16.8. The zero-order valence-electron chi connectivity index (χ0n) is 19.9. The van der Waals surface area contributed by atoms with Gasteiger partial charge in [-0.25, -0.2) is 13.2 Å². The number of nitrogens with zero attached hydrogens (tertiary/aromatic N) is 2. The molecule has 1 amide bonds. The van der Waals surface area contributed by atoms with Crippen LogP contribution in [0.1, 0.15) is 60.5 Å². The molecule has 0 bridgehead atoms. The quantitative estimate of drug-likeness (QED) is 0.506. The summed E-state index contributed by atoms with van der Waals surface area (Å²) in [6, 6.07) is 12.0. The number of fused-ring (bicyclic) bond motifs is 1. The molecule has 2 aliphatic rings. The molecular weight excluding hydrogens is 488 g/mol. The Labute approximate surface area is 212 Å². The highest BCUT2D eigenvalue weighted by atomic mass is 35.5. The summed E-state index contributed by atoms with van der Waals surface area (Å²) in [5, 5.41) is 0.0333. The van der Waals surface area contributed by atoms with Crippen LogP contribution in [0.2, 0.25) is 5.02 Å². The van der Waals surface area contributed by atoms with E-state index in [9.17, 15) is 18.0 Å². The van der Waals surface area contributed by atoms with Crippen LogP contribution in [0.3, 0.4) is 0 Å². The molecule has 1 saturated carbocycles. The normalized spacial score (nSPS) is 17.0. The summed E-state index contributed by atoms with van der Waals surface area (Å²) in [5.74, 6) is -0.989. The van der Waals surface area contributed by atoms with Gasteiger partial charge in [0.05, 0.1) is 10.6 Å². The van der Waals surface area contributed by atoms with Gasteiger partial charge in [0, 0.05) is 25.7 Å². The molecule has 7 nitrogen and oxygen atoms in total. The molecule has 1 aliphatic heterocycles. The smallest absolute Gasteiger partial charge is 0.338 e. The monoisotopic (exact) mass is 518 g/mol. The molecule has 0 N–H and O–H groups in total. The van der Waals surface area contributed by atoms with E-state index < -0.39 is 16.0 Å². The van der Waals surface area contributed by atoms with E-state index in [1.165, 1.54) is 28.9 Å². The summed E-state index contributed by atoms with van der Waals surface area (Å²) >= 11 is 6.26. The average molecular weight is 519 g/mol. The summed E-state index contributed by atoms with van der Waals surface area (Å²) in [7, 11) is -3.94. The van der Waals surface area contributed by atoms with Gasteiger partial charge in [0.1, 0.15) is 4.90 Å². The zero-order chi connectivity index (χ0) is 25.0. The van der Waals surface area contributed by atoms with Gasteiger partial charge in [0.15, 0.2) is 6.61 Å². The molecular formula is C26H31ClN2O5S. The minimum atomic E-state index is -3.94. The van der Waals surface area contributed by atoms with Crippen molar-refractivity contribution in [3.63, 3.8) is 0 Å². The summed E-state index contributed by atoms with van der Waals surface area (Å²) in [5.41, 5.74) is 2.12. The van der Waals surface area contributed by atoms with Gasteiger partial charge in [0.2, 0.25) is 10.0 Å². The Bertz CT molecular complexity index is 1190. The van der Waals surface area contributed by atoms with Crippen LogP contribution in [-0.4, -0.2) is 55.2 Å². The number of amides is 1. The molecule has 9 heteroatoms. The lowest BCUT2D eigenvalue weighted by Crippen LogP contribution is -2.43. The fourth-order valence-electron chi connectivity index (χ4n) is 4.97. The van der Waals surface area contributed by atoms with Crippen LogP contribution in [0.4, 0.5) is 0 Å². The maximum Gasteiger partial charge on any atom is 0.338 e. The Morgan fingerprint density at radius 2 is 1.80 bits per heavy atom.